The Labute approximate surface area is 739 Å². The molecular weight excluding hydrogens is 769 g/mol. The topological polar surface area (TPSA) is 230 Å². The van der Waals surface area contributed by atoms with Crippen LogP contribution in [0.25, 0.3) is 0 Å². The van der Waals surface area contributed by atoms with Gasteiger partial charge in [-0.25, -0.2) is 19.2 Å². The second kappa shape index (κ2) is 184. The Morgan fingerprint density at radius 3 is 0.179 bits per heavy atom. The van der Waals surface area contributed by atoms with Crippen molar-refractivity contribution in [2.45, 2.75) is 0 Å². The zero-order chi connectivity index (χ0) is 14.3. The van der Waals surface area contributed by atoms with Gasteiger partial charge in [-0.15, -0.1) is 0 Å². The molecule has 35 heteroatoms. The van der Waals surface area contributed by atoms with Crippen LogP contribution in [0.1, 0.15) is 0 Å². The fraction of sp³-hybridized carbons (Fsp3) is 0. The number of carboxylic acid groups (broad SMARTS) is 8. The Morgan fingerprint density at radius 1 is 0.179 bits per heavy atom. The van der Waals surface area contributed by atoms with Gasteiger partial charge in [-0.2, -0.15) is 0 Å². The fourth-order valence-electron chi connectivity index (χ4n) is 0. The summed E-state index contributed by atoms with van der Waals surface area (Å²) in [7, 11) is 0. The van der Waals surface area contributed by atoms with Crippen LogP contribution in [0.4, 0.5) is 19.2 Å². The predicted molar refractivity (Wildman–Crippen MR) is 207 cm³/mol. The SMILES string of the molecule is O=C(O)O.O=C(O)O.O=C(O)O.O=C(O)O.[NaH].[NaH].[NaH].[NaH].[NaH].[NaH].[NaH].[NaH].[NaH].[NaH].[NaH].[NaH].[NaH].[NaH].[NaH].[NaH].[NaH].[NaH].[NaH].[NaH].[NaH].[NaH].[NaH]. The minimum absolute atomic E-state index is 0. The molecular formula is C4H31Na23O12. The van der Waals surface area contributed by atoms with E-state index in [2.05, 4.69) is 0 Å². The first-order valence-electron chi connectivity index (χ1n) is 2.61. The van der Waals surface area contributed by atoms with Gasteiger partial charge < -0.3 is 40.9 Å². The summed E-state index contributed by atoms with van der Waals surface area (Å²) in [4.78, 5) is 34.2. The molecule has 12 nitrogen and oxygen atoms in total. The third-order valence-electron chi connectivity index (χ3n) is 0. The van der Waals surface area contributed by atoms with Gasteiger partial charge in [0.1, 0.15) is 0 Å². The van der Waals surface area contributed by atoms with Crippen molar-refractivity contribution < 1.29 is 60.0 Å². The molecule has 0 aromatic rings. The Kier molecular flexibility index (Phi) is 913. The van der Waals surface area contributed by atoms with E-state index in [9.17, 15) is 0 Å². The summed E-state index contributed by atoms with van der Waals surface area (Å²) in [5.74, 6) is 0. The average molecular weight is 800 g/mol. The van der Waals surface area contributed by atoms with E-state index in [0.717, 1.165) is 0 Å². The van der Waals surface area contributed by atoms with Crippen molar-refractivity contribution in [2.24, 2.45) is 0 Å². The molecule has 0 saturated heterocycles. The first-order chi connectivity index (χ1) is 6.93. The van der Waals surface area contributed by atoms with Crippen molar-refractivity contribution in [1.29, 1.82) is 0 Å². The van der Waals surface area contributed by atoms with E-state index in [-0.39, 0.29) is 680 Å². The van der Waals surface area contributed by atoms with Crippen molar-refractivity contribution >= 4 is 704 Å². The van der Waals surface area contributed by atoms with Crippen LogP contribution in [0.3, 0.4) is 0 Å². The second-order valence-corrected chi connectivity index (χ2v) is 1.13. The van der Waals surface area contributed by atoms with Crippen molar-refractivity contribution in [2.75, 3.05) is 0 Å². The molecule has 0 spiro atoms. The van der Waals surface area contributed by atoms with Crippen LogP contribution >= 0.6 is 0 Å². The Morgan fingerprint density at radius 2 is 0.179 bits per heavy atom. The van der Waals surface area contributed by atoms with Crippen LogP contribution in [0.5, 0.6) is 0 Å². The van der Waals surface area contributed by atoms with E-state index in [0.29, 0.717) is 0 Å². The van der Waals surface area contributed by atoms with Gasteiger partial charge in [0.05, 0.1) is 0 Å². The monoisotopic (exact) mass is 800 g/mol. The summed E-state index contributed by atoms with van der Waals surface area (Å²) in [5.41, 5.74) is 0. The molecule has 0 heterocycles. The quantitative estimate of drug-likeness (QED) is 0.107. The summed E-state index contributed by atoms with van der Waals surface area (Å²) in [6.07, 6.45) is -7.33. The zero-order valence-corrected chi connectivity index (χ0v) is 7.21. The van der Waals surface area contributed by atoms with Crippen molar-refractivity contribution in [3.63, 3.8) is 0 Å². The molecule has 0 aliphatic rings. The van der Waals surface area contributed by atoms with Gasteiger partial charge in [-0.1, -0.05) is 0 Å². The van der Waals surface area contributed by atoms with Gasteiger partial charge in [0.2, 0.25) is 0 Å². The van der Waals surface area contributed by atoms with Crippen LogP contribution in [0, 0.1) is 0 Å². The maximum absolute atomic E-state index is 8.56. The van der Waals surface area contributed by atoms with Crippen molar-refractivity contribution in [3.05, 3.63) is 0 Å². The van der Waals surface area contributed by atoms with Crippen LogP contribution in [0.15, 0.2) is 0 Å². The maximum atomic E-state index is 8.56. The van der Waals surface area contributed by atoms with Crippen LogP contribution in [-0.2, 0) is 0 Å². The summed E-state index contributed by atoms with van der Waals surface area (Å²) in [6.45, 7) is 0. The normalized spacial score (nSPS) is 2.46. The van der Waals surface area contributed by atoms with Gasteiger partial charge >= 0.3 is 704 Å². The molecule has 0 saturated carbocycles. The van der Waals surface area contributed by atoms with Gasteiger partial charge in [0, 0.05) is 0 Å². The van der Waals surface area contributed by atoms with E-state index >= 15 is 0 Å². The van der Waals surface area contributed by atoms with Crippen LogP contribution < -0.4 is 0 Å². The molecule has 0 aliphatic heterocycles. The standard InChI is InChI=1S/4CH2O3.23Na.23H/c4*2-1(3)4;;;;;;;;;;;;;;;;;;;;;;;;;;;;;;;;;;;;;;;;;;;;;;/h4*(H2,2,3,4);;;;;;;;;;;;;;;;;;;;;;;;;;;;;;;;;;;;;;;;;;;;;;. The van der Waals surface area contributed by atoms with Crippen molar-refractivity contribution in [3.8, 4) is 0 Å². The van der Waals surface area contributed by atoms with E-state index in [4.69, 9.17) is 60.0 Å². The molecule has 0 atom stereocenters. The number of carbonyl (C=O) groups is 4. The first kappa shape index (κ1) is 194. The molecule has 0 aromatic carbocycles. The third-order valence-corrected chi connectivity index (χ3v) is 0. The molecule has 0 aliphatic carbocycles. The summed E-state index contributed by atoms with van der Waals surface area (Å²) < 4.78 is 0. The molecule has 0 unspecified atom stereocenters. The van der Waals surface area contributed by atoms with Crippen LogP contribution in [0.2, 0.25) is 0 Å². The van der Waals surface area contributed by atoms with E-state index < -0.39 is 24.6 Å². The van der Waals surface area contributed by atoms with Gasteiger partial charge in [0.15, 0.2) is 0 Å². The molecule has 0 aromatic heterocycles. The Bertz CT molecular complexity index is 191. The minimum atomic E-state index is -1.83. The fourth-order valence-corrected chi connectivity index (χ4v) is 0. The zero-order valence-electron chi connectivity index (χ0n) is 7.21. The van der Waals surface area contributed by atoms with Gasteiger partial charge in [-0.3, -0.25) is 0 Å². The number of hydrogen-bond acceptors (Lipinski definition) is 4. The van der Waals surface area contributed by atoms with E-state index in [1.54, 1.807) is 0 Å². The number of hydrogen-bond donors (Lipinski definition) is 8. The molecule has 0 bridgehead atoms. The Balaban J connectivity index is -0.00000000165. The molecule has 8 N–H and O–H groups in total. The molecule has 0 radical (unpaired) electrons. The molecule has 0 amide bonds. The van der Waals surface area contributed by atoms with Crippen LogP contribution in [-0.4, -0.2) is 745 Å². The molecule has 0 rings (SSSR count). The second-order valence-electron chi connectivity index (χ2n) is 1.13. The number of rotatable bonds is 0. The predicted octanol–water partition coefficient (Wildman–Crippen LogP) is -14.0. The molecule has 142 valence electrons. The molecule has 0 fully saturated rings. The third kappa shape index (κ3) is 453. The van der Waals surface area contributed by atoms with Gasteiger partial charge in [-0.05, 0) is 0 Å². The summed E-state index contributed by atoms with van der Waals surface area (Å²) in [5, 5.41) is 55.8. The average Bonchev–Trinajstić information content (AvgIpc) is 1.76. The van der Waals surface area contributed by atoms with E-state index in [1.807, 2.05) is 0 Å². The summed E-state index contributed by atoms with van der Waals surface area (Å²) in [6, 6.07) is 0. The van der Waals surface area contributed by atoms with Crippen molar-refractivity contribution in [1.82, 2.24) is 0 Å². The Hall–Kier alpha value is 20.1. The first-order valence-corrected chi connectivity index (χ1v) is 2.61. The van der Waals surface area contributed by atoms with E-state index in [1.165, 1.54) is 0 Å². The van der Waals surface area contributed by atoms with Gasteiger partial charge in [0.25, 0.3) is 0 Å². The molecule has 39 heavy (non-hydrogen) atoms. The summed E-state index contributed by atoms with van der Waals surface area (Å²) >= 11 is 0.